The first-order valence-corrected chi connectivity index (χ1v) is 48.6. The van der Waals surface area contributed by atoms with Crippen LogP contribution >= 0.6 is 0 Å². The van der Waals surface area contributed by atoms with Gasteiger partial charge in [-0.3, -0.25) is 14.4 Å². The second kappa shape index (κ2) is 61.1. The summed E-state index contributed by atoms with van der Waals surface area (Å²) in [6.45, 7) is 0.168. The summed E-state index contributed by atoms with van der Waals surface area (Å²) in [5, 5.41) is 256. The Morgan fingerprint density at radius 1 is 0.403 bits per heavy atom. The number of carbonyl (C=O) groups is 4. The molecular weight excluding hydrogens is 1770 g/mol. The number of carboxylic acid groups (broad SMARTS) is 1. The molecule has 0 radical (unpaired) electrons. The largest absolute Gasteiger partial charge is 0.477 e. The lowest BCUT2D eigenvalue weighted by Gasteiger charge is -2.52. The number of rotatable bonds is 62. The second-order valence-corrected chi connectivity index (χ2v) is 36.6. The number of aliphatic carboxylic acids is 1. The van der Waals surface area contributed by atoms with E-state index in [1.54, 1.807) is 6.08 Å². The number of unbranched alkanes of at least 4 members (excludes halogenated alkanes) is 28. The standard InChI is InChI=1S/C91H161N3O40/c1-6-8-10-12-14-16-18-20-21-22-23-24-25-26-27-29-31-33-35-37-39-41-62(106)94-53(54(103)40-38-36-34-32-30-28-19-17-15-13-11-9-7-2)49-121-85-73(115)71(113)77(60(47-99)127-85)128-87-75(117)82(68(110)58(45-97)123-87)132-88-74(116)81(67(109)57(44-96)124-88)131-84-64(93-52(5)102)80(130-86-72(114)70(112)65(107)50(3)122-86)78(61(48-100)126-84)129-89-76(118)83(69(111)59(46-98)125-89)134-91(90(119)120)42-55(104)63(92-51(4)101)79(133-91)66(108)56(105)43-95/h20-21,38,40,50,53-61,63-89,95-100,103-105,107-118H,6-19,22-37,39,41-49H2,1-5H3,(H,92,101)(H,93,102)(H,94,106)(H,119,120)/b21-20-,40-38+/t50?,53-,54+,55?,56+,57?,58?,59?,60?,61?,63+,64?,65+,66+,67-,68-,69-,70?,71+,72-,73?,74?,75?,76?,77+,78+,79?,80+,81-,82-,83-,84-,85+,86+,87-,88+,89-,91-/m0/s1. The van der Waals surface area contributed by atoms with Crippen LogP contribution in [0.15, 0.2) is 24.3 Å². The molecule has 7 rings (SSSR count). The van der Waals surface area contributed by atoms with Crippen LogP contribution in [0.4, 0.5) is 0 Å². The fourth-order valence-corrected chi connectivity index (χ4v) is 18.0. The summed E-state index contributed by atoms with van der Waals surface area (Å²) >= 11 is 0. The highest BCUT2D eigenvalue weighted by Crippen LogP contribution is 2.42. The Labute approximate surface area is 784 Å². The Hall–Kier alpha value is -4.04. The highest BCUT2D eigenvalue weighted by atomic mass is 16.8. The van der Waals surface area contributed by atoms with Crippen molar-refractivity contribution < 1.29 is 198 Å². The predicted molar refractivity (Wildman–Crippen MR) is 470 cm³/mol. The second-order valence-electron chi connectivity index (χ2n) is 36.6. The number of ether oxygens (including phenoxy) is 14. The first-order chi connectivity index (χ1) is 64.2. The molecule has 3 amide bonds. The average molecular weight is 1940 g/mol. The van der Waals surface area contributed by atoms with Gasteiger partial charge >= 0.3 is 5.97 Å². The molecule has 0 saturated carbocycles. The highest BCUT2D eigenvalue weighted by Gasteiger charge is 2.63. The number of allylic oxidation sites excluding steroid dienone is 3. The van der Waals surface area contributed by atoms with Crippen LogP contribution in [0.1, 0.15) is 247 Å². The van der Waals surface area contributed by atoms with Gasteiger partial charge in [0, 0.05) is 26.7 Å². The van der Waals surface area contributed by atoms with E-state index in [2.05, 4.69) is 41.9 Å². The van der Waals surface area contributed by atoms with Gasteiger partial charge in [-0.05, 0) is 51.9 Å². The molecule has 0 aromatic heterocycles. The zero-order valence-corrected chi connectivity index (χ0v) is 78.1. The molecular formula is C91H161N3O40. The number of hydrogen-bond donors (Lipinski definition) is 25. The molecule has 14 unspecified atom stereocenters. The van der Waals surface area contributed by atoms with Crippen molar-refractivity contribution in [2.24, 2.45) is 0 Å². The molecule has 7 saturated heterocycles. The third kappa shape index (κ3) is 34.7. The molecule has 7 aliphatic rings. The first-order valence-electron chi connectivity index (χ1n) is 48.6. The van der Waals surface area contributed by atoms with Crippen LogP contribution < -0.4 is 16.0 Å². The van der Waals surface area contributed by atoms with Crippen LogP contribution in [0.2, 0.25) is 0 Å². The molecule has 0 aromatic carbocycles. The number of carboxylic acids is 1. The van der Waals surface area contributed by atoms with E-state index in [1.165, 1.54) is 129 Å². The Morgan fingerprint density at radius 2 is 0.784 bits per heavy atom. The van der Waals surface area contributed by atoms with Gasteiger partial charge in [0.15, 0.2) is 37.7 Å². The fourth-order valence-electron chi connectivity index (χ4n) is 18.0. The van der Waals surface area contributed by atoms with E-state index < -0.39 is 303 Å². The minimum atomic E-state index is -3.31. The molecule has 25 N–H and O–H groups in total. The molecule has 7 heterocycles. The zero-order valence-electron chi connectivity index (χ0n) is 78.1. The first kappa shape index (κ1) is 117. The number of nitrogens with one attached hydrogen (secondary N) is 3. The lowest BCUT2D eigenvalue weighted by atomic mass is 9.88. The maximum Gasteiger partial charge on any atom is 0.364 e. The van der Waals surface area contributed by atoms with Crippen molar-refractivity contribution in [2.45, 2.75) is 479 Å². The van der Waals surface area contributed by atoms with Gasteiger partial charge in [0.25, 0.3) is 5.79 Å². The lowest BCUT2D eigenvalue weighted by molar-refractivity contribution is -0.401. The maximum atomic E-state index is 13.7. The van der Waals surface area contributed by atoms with Crippen LogP contribution in [0.25, 0.3) is 0 Å². The van der Waals surface area contributed by atoms with E-state index >= 15 is 0 Å². The maximum absolute atomic E-state index is 13.7. The Morgan fingerprint density at radius 3 is 1.25 bits per heavy atom. The molecule has 7 aliphatic heterocycles. The zero-order chi connectivity index (χ0) is 98.3. The van der Waals surface area contributed by atoms with E-state index in [1.807, 2.05) is 6.08 Å². The molecule has 7 fully saturated rings. The third-order valence-electron chi connectivity index (χ3n) is 25.9. The predicted octanol–water partition coefficient (Wildman–Crippen LogP) is -2.25. The number of amides is 3. The number of aliphatic hydroxyl groups is 21. The smallest absolute Gasteiger partial charge is 0.364 e. The molecule has 0 aliphatic carbocycles. The summed E-state index contributed by atoms with van der Waals surface area (Å²) in [6, 6.07) is -4.91. The van der Waals surface area contributed by atoms with Gasteiger partial charge < -0.3 is 195 Å². The molecule has 43 heteroatoms. The minimum absolute atomic E-state index is 0.141. The van der Waals surface area contributed by atoms with Crippen LogP contribution in [-0.2, 0) is 85.5 Å². The van der Waals surface area contributed by atoms with Gasteiger partial charge in [0.2, 0.25) is 17.7 Å². The van der Waals surface area contributed by atoms with E-state index in [4.69, 9.17) is 66.3 Å². The van der Waals surface area contributed by atoms with Crippen molar-refractivity contribution in [1.82, 2.24) is 16.0 Å². The Bertz CT molecular complexity index is 3310. The molecule has 0 spiro atoms. The van der Waals surface area contributed by atoms with E-state index in [0.29, 0.717) is 12.8 Å². The SMILES string of the molecule is CCCCCCCC/C=C\CCCCCCCCCCCCCC(=O)N[C@@H](CO[C@@H]1OC(CO)[C@@H](O[C@@H]2OC(CO)[C@H](O)[C@H](O[C@H]3OC(CO)[C@H](O)[C@H](O[C@@H]4OC(CO)[C@@H](O[C@@H]5OC(CO)[C@H](O)[C@H](O[C@]6(C(=O)O)CC(O)[C@@H](NC(C)=O)C([C@H](O)[C@H](O)CO)O6)C5O)[C@H](O[C@H]5OC(C)[C@@H](O)C(O)[C@@H]5O)C4NC(C)=O)C3O)C2O)[C@H](O)C1O)[C@H](O)/C=C/CCCCCCCCCCCCC. The van der Waals surface area contributed by atoms with Gasteiger partial charge in [0.1, 0.15) is 159 Å². The van der Waals surface area contributed by atoms with Crippen molar-refractivity contribution in [3.63, 3.8) is 0 Å². The topological polar surface area (TPSA) is 679 Å². The molecule has 0 aromatic rings. The number of aliphatic hydroxyl groups excluding tert-OH is 21. The summed E-state index contributed by atoms with van der Waals surface area (Å²) in [5.74, 6) is -7.69. The van der Waals surface area contributed by atoms with Gasteiger partial charge in [0.05, 0.1) is 76.6 Å². The molecule has 43 nitrogen and oxygen atoms in total. The van der Waals surface area contributed by atoms with Crippen molar-refractivity contribution in [3.05, 3.63) is 24.3 Å². The van der Waals surface area contributed by atoms with Crippen molar-refractivity contribution >= 4 is 23.7 Å². The van der Waals surface area contributed by atoms with Crippen molar-refractivity contribution in [2.75, 3.05) is 46.2 Å². The quantitative estimate of drug-likeness (QED) is 0.0226. The molecule has 38 atom stereocenters. The monoisotopic (exact) mass is 1940 g/mol. The molecule has 134 heavy (non-hydrogen) atoms. The summed E-state index contributed by atoms with van der Waals surface area (Å²) < 4.78 is 84.0. The number of carbonyl (C=O) groups excluding carboxylic acids is 3. The normalized spacial score (nSPS) is 37.0. The minimum Gasteiger partial charge on any atom is -0.477 e. The van der Waals surface area contributed by atoms with Gasteiger partial charge in [-0.1, -0.05) is 192 Å². The average Bonchev–Trinajstić information content (AvgIpc) is 0.749. The Kier molecular flexibility index (Phi) is 53.3. The van der Waals surface area contributed by atoms with Gasteiger partial charge in [-0.2, -0.15) is 0 Å². The molecule has 780 valence electrons. The van der Waals surface area contributed by atoms with E-state index in [-0.39, 0.29) is 12.3 Å². The summed E-state index contributed by atoms with van der Waals surface area (Å²) in [5.41, 5.74) is 0. The lowest BCUT2D eigenvalue weighted by Crippen LogP contribution is -2.72. The summed E-state index contributed by atoms with van der Waals surface area (Å²) in [4.78, 5) is 53.0. The van der Waals surface area contributed by atoms with Crippen LogP contribution in [0.3, 0.4) is 0 Å². The van der Waals surface area contributed by atoms with Crippen LogP contribution in [0.5, 0.6) is 0 Å². The van der Waals surface area contributed by atoms with E-state index in [0.717, 1.165) is 78.1 Å². The van der Waals surface area contributed by atoms with Crippen molar-refractivity contribution in [3.8, 4) is 0 Å². The van der Waals surface area contributed by atoms with Crippen LogP contribution in [0, 0.1) is 0 Å². The van der Waals surface area contributed by atoms with E-state index in [9.17, 15) is 132 Å². The van der Waals surface area contributed by atoms with Crippen LogP contribution in [-0.4, -0.2) is 415 Å². The highest BCUT2D eigenvalue weighted by molar-refractivity contribution is 5.77. The summed E-state index contributed by atoms with van der Waals surface area (Å²) in [7, 11) is 0. The molecule has 0 bridgehead atoms. The number of hydrogen-bond acceptors (Lipinski definition) is 39. The van der Waals surface area contributed by atoms with Gasteiger partial charge in [-0.25, -0.2) is 4.79 Å². The van der Waals surface area contributed by atoms with Gasteiger partial charge in [-0.15, -0.1) is 0 Å². The third-order valence-corrected chi connectivity index (χ3v) is 25.9. The summed E-state index contributed by atoms with van der Waals surface area (Å²) in [6.07, 6.45) is -29.0. The Balaban J connectivity index is 1.04. The van der Waals surface area contributed by atoms with Crippen molar-refractivity contribution in [1.29, 1.82) is 0 Å². The fraction of sp³-hybridized carbons (Fsp3) is 0.912.